The molecular weight excluding hydrogens is 342 g/mol. The molecule has 2 amide bonds. The van der Waals surface area contributed by atoms with Gasteiger partial charge in [-0.15, -0.1) is 4.91 Å². The summed E-state index contributed by atoms with van der Waals surface area (Å²) in [5, 5.41) is 7.52. The van der Waals surface area contributed by atoms with E-state index in [2.05, 4.69) is 20.8 Å². The molecule has 0 aliphatic rings. The monoisotopic (exact) mass is 359 g/mol. The summed E-state index contributed by atoms with van der Waals surface area (Å²) >= 11 is 0. The van der Waals surface area contributed by atoms with Gasteiger partial charge in [0, 0.05) is 30.7 Å². The van der Waals surface area contributed by atoms with Gasteiger partial charge in [-0.1, -0.05) is 21.6 Å². The Morgan fingerprint density at radius 1 is 1.17 bits per heavy atom. The highest BCUT2D eigenvalue weighted by molar-refractivity contribution is 8.76. The van der Waals surface area contributed by atoms with Crippen LogP contribution in [-0.2, 0) is 9.63 Å². The number of hydrogen-bond acceptors (Lipinski definition) is 8. The number of carbonyl (C=O) groups is 2. The molecule has 1 aromatic carbocycles. The first-order valence-electron chi connectivity index (χ1n) is 6.64. The summed E-state index contributed by atoms with van der Waals surface area (Å²) in [4.78, 5) is 36.4. The molecule has 10 heteroatoms. The minimum Gasteiger partial charge on any atom is -0.410 e. The predicted octanol–water partition coefficient (Wildman–Crippen LogP) is 2.81. The topological polar surface area (TPSA) is 106 Å². The SMILES string of the molecule is CC(=O)Nc1ccc(OC(=O)NCCSSCCON=O)cc1. The minimum absolute atomic E-state index is 0.166. The minimum atomic E-state index is -0.545. The third kappa shape index (κ3) is 9.63. The lowest BCUT2D eigenvalue weighted by atomic mass is 10.3. The van der Waals surface area contributed by atoms with Crippen molar-refractivity contribution >= 4 is 39.3 Å². The lowest BCUT2D eigenvalue weighted by molar-refractivity contribution is -0.114. The Hall–Kier alpha value is -1.94. The summed E-state index contributed by atoms with van der Waals surface area (Å²) in [5.74, 6) is 1.55. The first kappa shape index (κ1) is 19.1. The van der Waals surface area contributed by atoms with E-state index < -0.39 is 6.09 Å². The van der Waals surface area contributed by atoms with Crippen molar-refractivity contribution < 1.29 is 19.2 Å². The lowest BCUT2D eigenvalue weighted by Gasteiger charge is -2.07. The molecule has 0 unspecified atom stereocenters. The normalized spacial score (nSPS) is 9.78. The van der Waals surface area contributed by atoms with Crippen LogP contribution in [0.2, 0.25) is 0 Å². The summed E-state index contributed by atoms with van der Waals surface area (Å²) in [7, 11) is 3.06. The molecule has 0 heterocycles. The summed E-state index contributed by atoms with van der Waals surface area (Å²) < 4.78 is 5.09. The molecule has 0 saturated heterocycles. The molecule has 126 valence electrons. The van der Waals surface area contributed by atoms with Crippen LogP contribution in [0.25, 0.3) is 0 Å². The second-order valence-electron chi connectivity index (χ2n) is 4.07. The van der Waals surface area contributed by atoms with Gasteiger partial charge < -0.3 is 20.2 Å². The molecule has 2 N–H and O–H groups in total. The Balaban J connectivity index is 2.14. The molecule has 0 spiro atoms. The van der Waals surface area contributed by atoms with Crippen molar-refractivity contribution in [3.05, 3.63) is 29.2 Å². The Kier molecular flexibility index (Phi) is 9.64. The molecule has 0 aliphatic carbocycles. The highest BCUT2D eigenvalue weighted by Gasteiger charge is 2.04. The molecule has 0 aliphatic heterocycles. The van der Waals surface area contributed by atoms with Crippen LogP contribution in [0.15, 0.2) is 29.6 Å². The predicted molar refractivity (Wildman–Crippen MR) is 91.4 cm³/mol. The van der Waals surface area contributed by atoms with Crippen molar-refractivity contribution in [2.75, 3.05) is 30.0 Å². The third-order valence-corrected chi connectivity index (χ3v) is 4.60. The van der Waals surface area contributed by atoms with Crippen LogP contribution in [0, 0.1) is 4.91 Å². The van der Waals surface area contributed by atoms with Gasteiger partial charge in [0.2, 0.25) is 5.91 Å². The molecular formula is C13H17N3O5S2. The lowest BCUT2D eigenvalue weighted by Crippen LogP contribution is -2.28. The number of ether oxygens (including phenoxy) is 1. The quantitative estimate of drug-likeness (QED) is 0.286. The number of amides is 2. The summed E-state index contributed by atoms with van der Waals surface area (Å²) in [5.41, 5.74) is 0.632. The smallest absolute Gasteiger partial charge is 0.410 e. The van der Waals surface area contributed by atoms with E-state index in [4.69, 9.17) is 4.74 Å². The molecule has 0 fully saturated rings. The molecule has 0 radical (unpaired) electrons. The number of benzene rings is 1. The zero-order valence-electron chi connectivity index (χ0n) is 12.4. The number of hydrogen-bond donors (Lipinski definition) is 2. The van der Waals surface area contributed by atoms with E-state index in [1.54, 1.807) is 35.1 Å². The highest BCUT2D eigenvalue weighted by atomic mass is 33.1. The van der Waals surface area contributed by atoms with Crippen LogP contribution >= 0.6 is 21.6 Å². The van der Waals surface area contributed by atoms with Crippen LogP contribution in [-0.4, -0.2) is 36.7 Å². The summed E-state index contributed by atoms with van der Waals surface area (Å²) in [6.07, 6.45) is -0.545. The maximum Gasteiger partial charge on any atom is 0.412 e. The molecule has 1 rings (SSSR count). The van der Waals surface area contributed by atoms with Crippen LogP contribution in [0.3, 0.4) is 0 Å². The molecule has 23 heavy (non-hydrogen) atoms. The second kappa shape index (κ2) is 11.6. The van der Waals surface area contributed by atoms with Gasteiger partial charge >= 0.3 is 6.09 Å². The van der Waals surface area contributed by atoms with Crippen molar-refractivity contribution in [2.24, 2.45) is 5.34 Å². The molecule has 0 aromatic heterocycles. The molecule has 0 atom stereocenters. The number of nitrogens with zero attached hydrogens (tertiary/aromatic N) is 1. The average Bonchev–Trinajstić information content (AvgIpc) is 2.51. The largest absolute Gasteiger partial charge is 0.412 e. The summed E-state index contributed by atoms with van der Waals surface area (Å²) in [6, 6.07) is 6.48. The van der Waals surface area contributed by atoms with Crippen molar-refractivity contribution in [3.63, 3.8) is 0 Å². The molecule has 0 saturated carbocycles. The highest BCUT2D eigenvalue weighted by Crippen LogP contribution is 2.20. The van der Waals surface area contributed by atoms with E-state index in [-0.39, 0.29) is 12.5 Å². The first-order chi connectivity index (χ1) is 11.1. The van der Waals surface area contributed by atoms with Gasteiger partial charge in [0.15, 0.2) is 5.34 Å². The zero-order valence-corrected chi connectivity index (χ0v) is 14.1. The zero-order chi connectivity index (χ0) is 16.9. The van der Waals surface area contributed by atoms with Gasteiger partial charge in [-0.2, -0.15) is 0 Å². The van der Waals surface area contributed by atoms with E-state index in [1.807, 2.05) is 0 Å². The van der Waals surface area contributed by atoms with Crippen LogP contribution in [0.4, 0.5) is 10.5 Å². The van der Waals surface area contributed by atoms with Gasteiger partial charge in [-0.25, -0.2) is 4.79 Å². The van der Waals surface area contributed by atoms with Crippen molar-refractivity contribution in [2.45, 2.75) is 6.92 Å². The van der Waals surface area contributed by atoms with Crippen LogP contribution in [0.1, 0.15) is 6.92 Å². The fourth-order valence-electron chi connectivity index (χ4n) is 1.37. The van der Waals surface area contributed by atoms with Gasteiger partial charge in [-0.05, 0) is 24.3 Å². The standard InChI is InChI=1S/C13H17N3O5S2/c1-10(17)15-11-2-4-12(5-3-11)21-13(18)14-6-8-22-23-9-7-20-16-19/h2-5H,6-9H2,1H3,(H,14,18)(H,15,17). The van der Waals surface area contributed by atoms with Crippen molar-refractivity contribution in [1.82, 2.24) is 5.32 Å². The van der Waals surface area contributed by atoms with Crippen LogP contribution < -0.4 is 15.4 Å². The third-order valence-electron chi connectivity index (χ3n) is 2.23. The van der Waals surface area contributed by atoms with E-state index in [0.29, 0.717) is 29.5 Å². The van der Waals surface area contributed by atoms with E-state index >= 15 is 0 Å². The number of nitrogens with one attached hydrogen (secondary N) is 2. The van der Waals surface area contributed by atoms with Gasteiger partial charge in [0.25, 0.3) is 0 Å². The Bertz CT molecular complexity index is 513. The Morgan fingerprint density at radius 3 is 2.52 bits per heavy atom. The molecule has 0 bridgehead atoms. The number of rotatable bonds is 10. The Labute approximate surface area is 141 Å². The van der Waals surface area contributed by atoms with E-state index in [9.17, 15) is 14.5 Å². The Morgan fingerprint density at radius 2 is 1.87 bits per heavy atom. The average molecular weight is 359 g/mol. The first-order valence-corrected chi connectivity index (χ1v) is 9.13. The van der Waals surface area contributed by atoms with E-state index in [0.717, 1.165) is 0 Å². The maximum absolute atomic E-state index is 11.6. The van der Waals surface area contributed by atoms with Gasteiger partial charge in [-0.3, -0.25) is 4.79 Å². The molecule has 1 aromatic rings. The number of carbonyl (C=O) groups excluding carboxylic acids is 2. The van der Waals surface area contributed by atoms with Gasteiger partial charge in [0.1, 0.15) is 12.4 Å². The fourth-order valence-corrected chi connectivity index (χ4v) is 3.10. The van der Waals surface area contributed by atoms with Crippen molar-refractivity contribution in [3.8, 4) is 5.75 Å². The van der Waals surface area contributed by atoms with Crippen LogP contribution in [0.5, 0.6) is 5.75 Å². The number of anilines is 1. The van der Waals surface area contributed by atoms with E-state index in [1.165, 1.54) is 17.7 Å². The maximum atomic E-state index is 11.6. The fraction of sp³-hybridized carbons (Fsp3) is 0.385. The van der Waals surface area contributed by atoms with Gasteiger partial charge in [0.05, 0.1) is 0 Å². The second-order valence-corrected chi connectivity index (χ2v) is 6.78. The van der Waals surface area contributed by atoms with Crippen molar-refractivity contribution in [1.29, 1.82) is 0 Å². The summed E-state index contributed by atoms with van der Waals surface area (Å²) in [6.45, 7) is 2.14. The molecule has 8 nitrogen and oxygen atoms in total.